The Morgan fingerprint density at radius 3 is 2.40 bits per heavy atom. The molecule has 0 unspecified atom stereocenters. The van der Waals surface area contributed by atoms with Crippen molar-refractivity contribution in [1.82, 2.24) is 4.98 Å². The molecule has 0 atom stereocenters. The summed E-state index contributed by atoms with van der Waals surface area (Å²) in [4.78, 5) is 17.1. The first-order chi connectivity index (χ1) is 16.9. The van der Waals surface area contributed by atoms with E-state index < -0.39 is 0 Å². The summed E-state index contributed by atoms with van der Waals surface area (Å²) in [6.45, 7) is 3.84. The maximum Gasteiger partial charge on any atom is 0.163 e. The minimum Gasteiger partial charge on any atom is -0.505 e. The molecule has 0 bridgehead atoms. The minimum absolute atomic E-state index is 0.00682. The Kier molecular flexibility index (Phi) is 8.56. The smallest absolute Gasteiger partial charge is 0.163 e. The summed E-state index contributed by atoms with van der Waals surface area (Å²) >= 11 is 12.3. The highest BCUT2D eigenvalue weighted by atomic mass is 35.5. The van der Waals surface area contributed by atoms with Crippen molar-refractivity contribution in [3.05, 3.63) is 52.1 Å². The van der Waals surface area contributed by atoms with Gasteiger partial charge >= 0.3 is 0 Å². The van der Waals surface area contributed by atoms with Crippen molar-refractivity contribution in [3.8, 4) is 16.9 Å². The van der Waals surface area contributed by atoms with Crippen LogP contribution in [0.5, 0.6) is 5.75 Å². The van der Waals surface area contributed by atoms with Crippen molar-refractivity contribution in [2.24, 2.45) is 5.92 Å². The lowest BCUT2D eigenvalue weighted by molar-refractivity contribution is 0.101. The van der Waals surface area contributed by atoms with Gasteiger partial charge in [0.15, 0.2) is 11.5 Å². The van der Waals surface area contributed by atoms with Gasteiger partial charge in [-0.05, 0) is 73.9 Å². The third kappa shape index (κ3) is 6.10. The summed E-state index contributed by atoms with van der Waals surface area (Å²) in [7, 11) is 0. The molecule has 186 valence electrons. The van der Waals surface area contributed by atoms with Crippen LogP contribution in [0.2, 0.25) is 10.0 Å². The summed E-state index contributed by atoms with van der Waals surface area (Å²) in [6, 6.07) is 9.65. The van der Waals surface area contributed by atoms with Crippen LogP contribution in [0.3, 0.4) is 0 Å². The predicted octanol–water partition coefficient (Wildman–Crippen LogP) is 9.06. The molecule has 0 radical (unpaired) electrons. The van der Waals surface area contributed by atoms with E-state index >= 15 is 0 Å². The molecule has 0 amide bonds. The fourth-order valence-corrected chi connectivity index (χ4v) is 5.67. The van der Waals surface area contributed by atoms with Gasteiger partial charge in [0, 0.05) is 17.6 Å². The maximum absolute atomic E-state index is 12.5. The van der Waals surface area contributed by atoms with Gasteiger partial charge in [-0.15, -0.1) is 0 Å². The number of pyridine rings is 1. The van der Waals surface area contributed by atoms with Crippen LogP contribution in [-0.4, -0.2) is 21.9 Å². The van der Waals surface area contributed by atoms with E-state index in [-0.39, 0.29) is 21.6 Å². The van der Waals surface area contributed by atoms with Crippen molar-refractivity contribution in [1.29, 1.82) is 0 Å². The number of halogens is 2. The van der Waals surface area contributed by atoms with E-state index in [1.807, 2.05) is 18.2 Å². The number of nitrogens with one attached hydrogen (secondary N) is 1. The molecule has 1 aliphatic rings. The molecule has 6 heteroatoms. The number of carbonyl (C=O) groups is 1. The maximum atomic E-state index is 12.5. The first-order valence-corrected chi connectivity index (χ1v) is 13.5. The number of anilines is 1. The first-order valence-electron chi connectivity index (χ1n) is 12.8. The zero-order chi connectivity index (χ0) is 24.9. The van der Waals surface area contributed by atoms with Crippen LogP contribution < -0.4 is 5.32 Å². The van der Waals surface area contributed by atoms with Crippen LogP contribution in [-0.2, 0) is 0 Å². The van der Waals surface area contributed by atoms with Crippen molar-refractivity contribution in [2.75, 3.05) is 5.32 Å². The number of nitrogens with zero attached hydrogens (tertiary/aromatic N) is 1. The van der Waals surface area contributed by atoms with Crippen LogP contribution in [0.4, 0.5) is 5.69 Å². The topological polar surface area (TPSA) is 62.2 Å². The Hall–Kier alpha value is -2.30. The average Bonchev–Trinajstić information content (AvgIpc) is 2.85. The van der Waals surface area contributed by atoms with Crippen LogP contribution in [0.1, 0.15) is 82.0 Å². The van der Waals surface area contributed by atoms with Crippen LogP contribution in [0.25, 0.3) is 22.0 Å². The quantitative estimate of drug-likeness (QED) is 0.221. The third-order valence-corrected chi connectivity index (χ3v) is 7.83. The molecule has 3 aromatic rings. The van der Waals surface area contributed by atoms with Gasteiger partial charge in [-0.1, -0.05) is 68.3 Å². The van der Waals surface area contributed by atoms with Crippen molar-refractivity contribution >= 4 is 45.6 Å². The van der Waals surface area contributed by atoms with E-state index in [1.165, 1.54) is 44.9 Å². The Morgan fingerprint density at radius 2 is 1.74 bits per heavy atom. The highest BCUT2D eigenvalue weighted by Crippen LogP contribution is 2.39. The Balaban J connectivity index is 1.60. The average molecular weight is 514 g/mol. The van der Waals surface area contributed by atoms with E-state index in [9.17, 15) is 9.90 Å². The van der Waals surface area contributed by atoms with Crippen LogP contribution in [0.15, 0.2) is 36.5 Å². The molecule has 1 aliphatic carbocycles. The molecule has 0 spiro atoms. The highest BCUT2D eigenvalue weighted by molar-refractivity contribution is 6.37. The Bertz CT molecular complexity index is 1180. The molecule has 1 aromatic heterocycles. The molecule has 0 aliphatic heterocycles. The normalized spacial score (nSPS) is 18.1. The predicted molar refractivity (Wildman–Crippen MR) is 147 cm³/mol. The molecule has 4 rings (SSSR count). The SMILES string of the molecule is CCCCCCC1CCC(Nc2c(C(C)=O)cnc3ccc(-c4cc(Cl)c(O)c(Cl)c4)cc23)CC1. The highest BCUT2D eigenvalue weighted by Gasteiger charge is 2.23. The molecular weight excluding hydrogens is 479 g/mol. The minimum atomic E-state index is -0.123. The third-order valence-electron chi connectivity index (χ3n) is 7.26. The van der Waals surface area contributed by atoms with Gasteiger partial charge in [0.25, 0.3) is 0 Å². The molecule has 4 nitrogen and oxygen atoms in total. The summed E-state index contributed by atoms with van der Waals surface area (Å²) in [5.74, 6) is 0.691. The van der Waals surface area contributed by atoms with Gasteiger partial charge < -0.3 is 10.4 Å². The standard InChI is InChI=1S/C29H34Cl2N2O2/c1-3-4-5-6-7-19-8-11-22(12-9-19)33-28-23-14-20(21-15-25(30)29(35)26(31)16-21)10-13-27(23)32-17-24(28)18(2)34/h10,13-17,19,22,35H,3-9,11-12H2,1-2H3,(H,32,33). The lowest BCUT2D eigenvalue weighted by Gasteiger charge is -2.30. The number of fused-ring (bicyclic) bond motifs is 1. The van der Waals surface area contributed by atoms with E-state index in [1.54, 1.807) is 25.3 Å². The number of benzene rings is 2. The van der Waals surface area contributed by atoms with Crippen molar-refractivity contribution in [2.45, 2.75) is 77.7 Å². The van der Waals surface area contributed by atoms with Gasteiger partial charge in [0.05, 0.1) is 26.8 Å². The number of ketones is 1. The second-order valence-electron chi connectivity index (χ2n) is 9.83. The number of phenols is 1. The zero-order valence-corrected chi connectivity index (χ0v) is 22.1. The number of unbranched alkanes of at least 4 members (excludes halogenated alkanes) is 3. The lowest BCUT2D eigenvalue weighted by Crippen LogP contribution is -2.27. The number of hydrogen-bond acceptors (Lipinski definition) is 4. The number of carbonyl (C=O) groups excluding carboxylic acids is 1. The fraction of sp³-hybridized carbons (Fsp3) is 0.448. The second kappa shape index (κ2) is 11.6. The summed E-state index contributed by atoms with van der Waals surface area (Å²) in [5.41, 5.74) is 3.97. The zero-order valence-electron chi connectivity index (χ0n) is 20.5. The number of aromatic hydroxyl groups is 1. The second-order valence-corrected chi connectivity index (χ2v) is 10.6. The Labute approximate surface area is 218 Å². The first kappa shape index (κ1) is 25.8. The van der Waals surface area contributed by atoms with Crippen molar-refractivity contribution in [3.63, 3.8) is 0 Å². The van der Waals surface area contributed by atoms with E-state index in [0.29, 0.717) is 11.6 Å². The number of Topliss-reactive ketones (excluding diaryl/α,β-unsaturated/α-hetero) is 1. The molecule has 1 saturated carbocycles. The number of hydrogen-bond donors (Lipinski definition) is 2. The monoisotopic (exact) mass is 512 g/mol. The Morgan fingerprint density at radius 1 is 1.03 bits per heavy atom. The molecule has 35 heavy (non-hydrogen) atoms. The fourth-order valence-electron chi connectivity index (χ4n) is 5.19. The van der Waals surface area contributed by atoms with Gasteiger partial charge in [-0.25, -0.2) is 0 Å². The summed E-state index contributed by atoms with van der Waals surface area (Å²) in [5, 5.41) is 15.0. The largest absolute Gasteiger partial charge is 0.505 e. The molecule has 0 saturated heterocycles. The number of aromatic nitrogens is 1. The number of phenolic OH excluding ortho intramolecular Hbond substituents is 1. The lowest BCUT2D eigenvalue weighted by atomic mass is 9.82. The number of rotatable bonds is 9. The van der Waals surface area contributed by atoms with Gasteiger partial charge in [0.1, 0.15) is 0 Å². The van der Waals surface area contributed by atoms with E-state index in [2.05, 4.69) is 17.2 Å². The summed E-state index contributed by atoms with van der Waals surface area (Å²) in [6.07, 6.45) is 13.0. The van der Waals surface area contributed by atoms with E-state index in [4.69, 9.17) is 23.2 Å². The molecule has 1 fully saturated rings. The summed E-state index contributed by atoms with van der Waals surface area (Å²) < 4.78 is 0. The van der Waals surface area contributed by atoms with Gasteiger partial charge in [0.2, 0.25) is 0 Å². The van der Waals surface area contributed by atoms with Gasteiger partial charge in [-0.2, -0.15) is 0 Å². The van der Waals surface area contributed by atoms with Crippen LogP contribution in [0, 0.1) is 5.92 Å². The van der Waals surface area contributed by atoms with Crippen LogP contribution >= 0.6 is 23.2 Å². The van der Waals surface area contributed by atoms with Gasteiger partial charge in [-0.3, -0.25) is 9.78 Å². The molecule has 1 heterocycles. The van der Waals surface area contributed by atoms with E-state index in [0.717, 1.165) is 46.5 Å². The molecule has 2 aromatic carbocycles. The van der Waals surface area contributed by atoms with Crippen molar-refractivity contribution < 1.29 is 9.90 Å². The molecular formula is C29H34Cl2N2O2. The molecule has 2 N–H and O–H groups in total.